The summed E-state index contributed by atoms with van der Waals surface area (Å²) in [6.07, 6.45) is 3.48. The molecule has 0 unspecified atom stereocenters. The predicted octanol–water partition coefficient (Wildman–Crippen LogP) is 3.38. The summed E-state index contributed by atoms with van der Waals surface area (Å²) in [5.74, 6) is 2.27. The minimum absolute atomic E-state index is 0.0318. The molecule has 30 heavy (non-hydrogen) atoms. The number of benzene rings is 2. The largest absolute Gasteiger partial charge is 0.496 e. The van der Waals surface area contributed by atoms with Gasteiger partial charge in [-0.2, -0.15) is 0 Å². The molecule has 0 saturated carbocycles. The first kappa shape index (κ1) is 21.7. The van der Waals surface area contributed by atoms with E-state index in [1.807, 2.05) is 48.2 Å². The van der Waals surface area contributed by atoms with E-state index in [2.05, 4.69) is 11.0 Å². The van der Waals surface area contributed by atoms with Gasteiger partial charge in [-0.25, -0.2) is 0 Å². The second-order valence-corrected chi connectivity index (χ2v) is 7.37. The van der Waals surface area contributed by atoms with Crippen molar-refractivity contribution >= 4 is 12.0 Å². The van der Waals surface area contributed by atoms with Crippen LogP contribution in [0.3, 0.4) is 0 Å². The highest BCUT2D eigenvalue weighted by Crippen LogP contribution is 2.28. The van der Waals surface area contributed by atoms with E-state index < -0.39 is 0 Å². The van der Waals surface area contributed by atoms with Crippen molar-refractivity contribution in [3.8, 4) is 17.2 Å². The molecule has 3 rings (SSSR count). The second-order valence-electron chi connectivity index (χ2n) is 7.37. The number of ether oxygens (including phenoxy) is 3. The van der Waals surface area contributed by atoms with Gasteiger partial charge in [0.2, 0.25) is 5.91 Å². The molecule has 1 fully saturated rings. The van der Waals surface area contributed by atoms with Crippen molar-refractivity contribution in [2.24, 2.45) is 0 Å². The van der Waals surface area contributed by atoms with Crippen molar-refractivity contribution in [1.29, 1.82) is 0 Å². The van der Waals surface area contributed by atoms with Gasteiger partial charge in [-0.05, 0) is 42.8 Å². The highest BCUT2D eigenvalue weighted by molar-refractivity contribution is 5.92. The van der Waals surface area contributed by atoms with E-state index in [0.29, 0.717) is 13.1 Å². The Balaban J connectivity index is 1.55. The Morgan fingerprint density at radius 2 is 1.57 bits per heavy atom. The summed E-state index contributed by atoms with van der Waals surface area (Å²) < 4.78 is 16.1. The molecule has 6 heteroatoms. The smallest absolute Gasteiger partial charge is 0.246 e. The van der Waals surface area contributed by atoms with Gasteiger partial charge in [-0.15, -0.1) is 0 Å². The van der Waals surface area contributed by atoms with Gasteiger partial charge in [0.25, 0.3) is 0 Å². The summed E-state index contributed by atoms with van der Waals surface area (Å²) in [7, 11) is 4.92. The van der Waals surface area contributed by atoms with Crippen LogP contribution in [0.1, 0.15) is 16.7 Å². The quantitative estimate of drug-likeness (QED) is 0.655. The Morgan fingerprint density at radius 1 is 0.900 bits per heavy atom. The average molecular weight is 411 g/mol. The van der Waals surface area contributed by atoms with Crippen molar-refractivity contribution < 1.29 is 19.0 Å². The molecular weight excluding hydrogens is 380 g/mol. The lowest BCUT2D eigenvalue weighted by atomic mass is 10.1. The topological polar surface area (TPSA) is 51.2 Å². The summed E-state index contributed by atoms with van der Waals surface area (Å²) >= 11 is 0. The number of rotatable bonds is 7. The molecule has 0 N–H and O–H groups in total. The van der Waals surface area contributed by atoms with E-state index >= 15 is 0 Å². The van der Waals surface area contributed by atoms with Crippen molar-refractivity contribution in [2.45, 2.75) is 13.5 Å². The summed E-state index contributed by atoms with van der Waals surface area (Å²) in [4.78, 5) is 16.9. The van der Waals surface area contributed by atoms with Gasteiger partial charge >= 0.3 is 0 Å². The molecule has 6 nitrogen and oxygen atoms in total. The number of piperazine rings is 1. The van der Waals surface area contributed by atoms with Crippen LogP contribution in [0.4, 0.5) is 0 Å². The van der Waals surface area contributed by atoms with Gasteiger partial charge < -0.3 is 19.1 Å². The number of nitrogens with zero attached hydrogens (tertiary/aromatic N) is 2. The Kier molecular flexibility index (Phi) is 7.36. The fourth-order valence-electron chi connectivity index (χ4n) is 3.61. The Hall–Kier alpha value is -2.99. The fourth-order valence-corrected chi connectivity index (χ4v) is 3.61. The Bertz CT molecular complexity index is 902. The zero-order valence-electron chi connectivity index (χ0n) is 18.2. The molecule has 0 aromatic heterocycles. The summed E-state index contributed by atoms with van der Waals surface area (Å²) in [5, 5.41) is 0. The number of methoxy groups -OCH3 is 3. The maximum absolute atomic E-state index is 12.6. The van der Waals surface area contributed by atoms with Crippen LogP contribution in [-0.4, -0.2) is 63.2 Å². The molecule has 2 aromatic carbocycles. The van der Waals surface area contributed by atoms with Crippen LogP contribution in [-0.2, 0) is 11.3 Å². The van der Waals surface area contributed by atoms with E-state index in [-0.39, 0.29) is 5.91 Å². The second kappa shape index (κ2) is 10.2. The number of amides is 1. The average Bonchev–Trinajstić information content (AvgIpc) is 2.78. The van der Waals surface area contributed by atoms with Gasteiger partial charge in [-0.1, -0.05) is 17.7 Å². The van der Waals surface area contributed by atoms with E-state index in [9.17, 15) is 4.79 Å². The fraction of sp³-hybridized carbons (Fsp3) is 0.375. The first-order valence-corrected chi connectivity index (χ1v) is 10.1. The van der Waals surface area contributed by atoms with E-state index in [1.54, 1.807) is 27.4 Å². The molecule has 0 radical (unpaired) electrons. The maximum atomic E-state index is 12.6. The monoisotopic (exact) mass is 410 g/mol. The Morgan fingerprint density at radius 3 is 2.23 bits per heavy atom. The molecule has 1 heterocycles. The first-order chi connectivity index (χ1) is 14.5. The zero-order valence-corrected chi connectivity index (χ0v) is 18.2. The number of carbonyl (C=O) groups excluding carboxylic acids is 1. The molecule has 1 aliphatic rings. The molecule has 2 aromatic rings. The number of carbonyl (C=O) groups is 1. The Labute approximate surface area is 178 Å². The SMILES string of the molecule is COc1ccc(C)cc1/C=C/C(=O)N1CCN(Cc2ccc(OC)c(OC)c2)CC1. The highest BCUT2D eigenvalue weighted by Gasteiger charge is 2.20. The molecule has 1 aliphatic heterocycles. The highest BCUT2D eigenvalue weighted by atomic mass is 16.5. The summed E-state index contributed by atoms with van der Waals surface area (Å²) in [6, 6.07) is 11.9. The lowest BCUT2D eigenvalue weighted by Gasteiger charge is -2.34. The molecule has 1 saturated heterocycles. The van der Waals surface area contributed by atoms with Crippen LogP contribution in [0.25, 0.3) is 6.08 Å². The summed E-state index contributed by atoms with van der Waals surface area (Å²) in [6.45, 7) is 5.93. The van der Waals surface area contributed by atoms with Gasteiger partial charge in [0.05, 0.1) is 21.3 Å². The van der Waals surface area contributed by atoms with Gasteiger partial charge in [0.15, 0.2) is 11.5 Å². The van der Waals surface area contributed by atoms with Gasteiger partial charge in [0, 0.05) is 44.4 Å². The van der Waals surface area contributed by atoms with E-state index in [1.165, 1.54) is 5.56 Å². The zero-order chi connectivity index (χ0) is 21.5. The predicted molar refractivity (Wildman–Crippen MR) is 118 cm³/mol. The van der Waals surface area contributed by atoms with Crippen LogP contribution in [0.2, 0.25) is 0 Å². The molecular formula is C24H30N2O4. The normalized spacial score (nSPS) is 14.7. The summed E-state index contributed by atoms with van der Waals surface area (Å²) in [5.41, 5.74) is 3.21. The van der Waals surface area contributed by atoms with Crippen LogP contribution in [0.5, 0.6) is 17.2 Å². The molecule has 0 atom stereocenters. The minimum Gasteiger partial charge on any atom is -0.496 e. The molecule has 0 spiro atoms. The third kappa shape index (κ3) is 5.33. The van der Waals surface area contributed by atoms with Crippen LogP contribution in [0, 0.1) is 6.92 Å². The van der Waals surface area contributed by atoms with Crippen molar-refractivity contribution in [3.63, 3.8) is 0 Å². The molecule has 0 aliphatic carbocycles. The lowest BCUT2D eigenvalue weighted by molar-refractivity contribution is -0.127. The van der Waals surface area contributed by atoms with Crippen molar-refractivity contribution in [3.05, 3.63) is 59.2 Å². The number of aryl methyl sites for hydroxylation is 1. The van der Waals surface area contributed by atoms with Crippen molar-refractivity contribution in [1.82, 2.24) is 9.80 Å². The van der Waals surface area contributed by atoms with Crippen LogP contribution in [0.15, 0.2) is 42.5 Å². The van der Waals surface area contributed by atoms with Crippen molar-refractivity contribution in [2.75, 3.05) is 47.5 Å². The molecule has 1 amide bonds. The van der Waals surface area contributed by atoms with Crippen LogP contribution < -0.4 is 14.2 Å². The molecule has 160 valence electrons. The van der Waals surface area contributed by atoms with Gasteiger partial charge in [0.1, 0.15) is 5.75 Å². The third-order valence-corrected chi connectivity index (χ3v) is 5.33. The maximum Gasteiger partial charge on any atom is 0.246 e. The minimum atomic E-state index is 0.0318. The van der Waals surface area contributed by atoms with E-state index in [0.717, 1.165) is 48.0 Å². The first-order valence-electron chi connectivity index (χ1n) is 10.1. The molecule has 0 bridgehead atoms. The van der Waals surface area contributed by atoms with E-state index in [4.69, 9.17) is 14.2 Å². The number of hydrogen-bond acceptors (Lipinski definition) is 5. The lowest BCUT2D eigenvalue weighted by Crippen LogP contribution is -2.47. The number of hydrogen-bond donors (Lipinski definition) is 0. The van der Waals surface area contributed by atoms with Crippen LogP contribution >= 0.6 is 0 Å². The standard InChI is InChI=1S/C24H30N2O4/c1-18-5-8-21(28-2)20(15-18)7-10-24(27)26-13-11-25(12-14-26)17-19-6-9-22(29-3)23(16-19)30-4/h5-10,15-16H,11-14,17H2,1-4H3/b10-7+. The third-order valence-electron chi connectivity index (χ3n) is 5.33. The van der Waals surface area contributed by atoms with Gasteiger partial charge in [-0.3, -0.25) is 9.69 Å².